The molecule has 0 saturated carbocycles. The van der Waals surface area contributed by atoms with Crippen LogP contribution in [0.3, 0.4) is 0 Å². The van der Waals surface area contributed by atoms with Crippen LogP contribution in [0.4, 0.5) is 0 Å². The minimum atomic E-state index is 0. The molecule has 0 bridgehead atoms. The van der Waals surface area contributed by atoms with Gasteiger partial charge in [0.2, 0.25) is 5.16 Å². The summed E-state index contributed by atoms with van der Waals surface area (Å²) in [4.78, 5) is 3.99. The van der Waals surface area contributed by atoms with Crippen LogP contribution in [0.2, 0.25) is 0 Å². The fourth-order valence-electron chi connectivity index (χ4n) is 1.44. The fourth-order valence-corrected chi connectivity index (χ4v) is 2.23. The lowest BCUT2D eigenvalue weighted by molar-refractivity contribution is 0.661. The van der Waals surface area contributed by atoms with Crippen molar-refractivity contribution in [2.45, 2.75) is 18.1 Å². The van der Waals surface area contributed by atoms with Crippen molar-refractivity contribution in [1.82, 2.24) is 30.5 Å². The van der Waals surface area contributed by atoms with Crippen LogP contribution in [-0.2, 0) is 13.6 Å². The Labute approximate surface area is 122 Å². The van der Waals surface area contributed by atoms with Gasteiger partial charge in [0.15, 0.2) is 0 Å². The van der Waals surface area contributed by atoms with Gasteiger partial charge in [-0.15, -0.1) is 17.5 Å². The van der Waals surface area contributed by atoms with Crippen molar-refractivity contribution in [2.24, 2.45) is 7.05 Å². The number of hydrogen-bond donors (Lipinski definition) is 1. The summed E-state index contributed by atoms with van der Waals surface area (Å²) >= 11 is 1.68. The summed E-state index contributed by atoms with van der Waals surface area (Å²) in [6.07, 6.45) is 4.71. The Morgan fingerprint density at radius 2 is 2.11 bits per heavy atom. The zero-order valence-electron chi connectivity index (χ0n) is 10.7. The van der Waals surface area contributed by atoms with E-state index in [0.717, 1.165) is 30.4 Å². The molecule has 2 aromatic rings. The van der Waals surface area contributed by atoms with Gasteiger partial charge in [-0.1, -0.05) is 11.8 Å². The number of tetrazole rings is 1. The highest BCUT2D eigenvalue weighted by Crippen LogP contribution is 2.12. The first kappa shape index (κ1) is 15.9. The smallest absolute Gasteiger partial charge is 0.209 e. The van der Waals surface area contributed by atoms with E-state index in [1.165, 1.54) is 5.56 Å². The van der Waals surface area contributed by atoms with Crippen LogP contribution >= 0.6 is 24.2 Å². The lowest BCUT2D eigenvalue weighted by atomic mass is 10.3. The van der Waals surface area contributed by atoms with Crippen LogP contribution in [0.1, 0.15) is 12.0 Å². The van der Waals surface area contributed by atoms with E-state index >= 15 is 0 Å². The predicted octanol–water partition coefficient (Wildman–Crippen LogP) is 1.30. The quantitative estimate of drug-likeness (QED) is 0.614. The molecule has 2 heterocycles. The minimum absolute atomic E-state index is 0. The molecule has 0 aromatic carbocycles. The van der Waals surface area contributed by atoms with Gasteiger partial charge in [-0.2, -0.15) is 0 Å². The lowest BCUT2D eigenvalue weighted by Gasteiger charge is -2.04. The van der Waals surface area contributed by atoms with Gasteiger partial charge in [-0.3, -0.25) is 4.98 Å². The lowest BCUT2D eigenvalue weighted by Crippen LogP contribution is -2.15. The van der Waals surface area contributed by atoms with E-state index < -0.39 is 0 Å². The second kappa shape index (κ2) is 8.84. The molecule has 104 valence electrons. The molecule has 0 unspecified atom stereocenters. The predicted molar refractivity (Wildman–Crippen MR) is 77.3 cm³/mol. The van der Waals surface area contributed by atoms with E-state index in [-0.39, 0.29) is 12.4 Å². The fraction of sp³-hybridized carbons (Fsp3) is 0.455. The van der Waals surface area contributed by atoms with Gasteiger partial charge in [-0.25, -0.2) is 4.68 Å². The van der Waals surface area contributed by atoms with E-state index in [0.29, 0.717) is 0 Å². The highest BCUT2D eigenvalue weighted by Gasteiger charge is 2.01. The molecule has 8 heteroatoms. The zero-order chi connectivity index (χ0) is 12.6. The Bertz CT molecular complexity index is 463. The minimum Gasteiger partial charge on any atom is -0.313 e. The van der Waals surface area contributed by atoms with Gasteiger partial charge in [0.05, 0.1) is 0 Å². The molecule has 0 aliphatic heterocycles. The van der Waals surface area contributed by atoms with Crippen molar-refractivity contribution >= 4 is 24.2 Å². The zero-order valence-corrected chi connectivity index (χ0v) is 12.3. The van der Waals surface area contributed by atoms with Crippen LogP contribution in [0.5, 0.6) is 0 Å². The normalized spacial score (nSPS) is 10.2. The summed E-state index contributed by atoms with van der Waals surface area (Å²) in [6, 6.07) is 4.04. The van der Waals surface area contributed by atoms with Crippen LogP contribution in [0.15, 0.2) is 29.7 Å². The number of nitrogens with zero attached hydrogens (tertiary/aromatic N) is 5. The number of aryl methyl sites for hydroxylation is 1. The van der Waals surface area contributed by atoms with Gasteiger partial charge in [0, 0.05) is 31.7 Å². The second-order valence-corrected chi connectivity index (χ2v) is 4.88. The molecule has 0 atom stereocenters. The number of nitrogens with one attached hydrogen (secondary N) is 1. The van der Waals surface area contributed by atoms with Crippen molar-refractivity contribution in [3.05, 3.63) is 30.1 Å². The molecule has 0 saturated heterocycles. The molecule has 0 fully saturated rings. The Morgan fingerprint density at radius 1 is 1.32 bits per heavy atom. The third-order valence-electron chi connectivity index (χ3n) is 2.39. The van der Waals surface area contributed by atoms with E-state index in [2.05, 4.69) is 25.8 Å². The highest BCUT2D eigenvalue weighted by atomic mass is 35.5. The molecule has 2 rings (SSSR count). The SMILES string of the molecule is Cl.Cn1nnnc1SCCCNCc1ccncc1. The van der Waals surface area contributed by atoms with Crippen molar-refractivity contribution in [1.29, 1.82) is 0 Å². The standard InChI is InChI=1S/C11H16N6S.ClH/c1-17-11(14-15-16-17)18-8-2-5-13-9-10-3-6-12-7-4-10;/h3-4,6-7,13H,2,5,8-9H2,1H3;1H. The molecule has 6 nitrogen and oxygen atoms in total. The molecule has 2 aromatic heterocycles. The molecule has 0 amide bonds. The third-order valence-corrected chi connectivity index (χ3v) is 3.49. The molecular formula is C11H17ClN6S. The van der Waals surface area contributed by atoms with Crippen LogP contribution in [-0.4, -0.2) is 37.5 Å². The van der Waals surface area contributed by atoms with Crippen molar-refractivity contribution in [2.75, 3.05) is 12.3 Å². The Hall–Kier alpha value is -1.18. The molecular weight excluding hydrogens is 284 g/mol. The number of rotatable bonds is 7. The molecule has 0 spiro atoms. The second-order valence-electron chi connectivity index (χ2n) is 3.82. The summed E-state index contributed by atoms with van der Waals surface area (Å²) in [5, 5.41) is 15.6. The molecule has 0 aliphatic carbocycles. The number of thioether (sulfide) groups is 1. The van der Waals surface area contributed by atoms with Gasteiger partial charge in [-0.05, 0) is 41.1 Å². The maximum atomic E-state index is 3.99. The summed E-state index contributed by atoms with van der Waals surface area (Å²) in [7, 11) is 1.85. The van der Waals surface area contributed by atoms with Crippen LogP contribution < -0.4 is 5.32 Å². The summed E-state index contributed by atoms with van der Waals surface area (Å²) in [6.45, 7) is 1.87. The molecule has 19 heavy (non-hydrogen) atoms. The first-order valence-corrected chi connectivity index (χ1v) is 6.79. The van der Waals surface area contributed by atoms with Gasteiger partial charge in [0.25, 0.3) is 0 Å². The van der Waals surface area contributed by atoms with Gasteiger partial charge >= 0.3 is 0 Å². The van der Waals surface area contributed by atoms with Gasteiger partial charge in [0.1, 0.15) is 0 Å². The Kier molecular flexibility index (Phi) is 7.39. The molecule has 0 radical (unpaired) electrons. The largest absolute Gasteiger partial charge is 0.313 e. The average Bonchev–Trinajstić information content (AvgIpc) is 2.81. The highest BCUT2D eigenvalue weighted by molar-refractivity contribution is 7.99. The summed E-state index contributed by atoms with van der Waals surface area (Å²) in [5.41, 5.74) is 1.26. The number of hydrogen-bond acceptors (Lipinski definition) is 6. The van der Waals surface area contributed by atoms with Crippen LogP contribution in [0.25, 0.3) is 0 Å². The van der Waals surface area contributed by atoms with Crippen LogP contribution in [0, 0.1) is 0 Å². The summed E-state index contributed by atoms with van der Waals surface area (Å²) < 4.78 is 1.69. The molecule has 1 N–H and O–H groups in total. The van der Waals surface area contributed by atoms with Crippen molar-refractivity contribution in [3.63, 3.8) is 0 Å². The maximum absolute atomic E-state index is 3.99. The summed E-state index contributed by atoms with van der Waals surface area (Å²) in [5.74, 6) is 1.01. The number of halogens is 1. The number of aromatic nitrogens is 5. The average molecular weight is 301 g/mol. The van der Waals surface area contributed by atoms with E-state index in [1.807, 2.05) is 31.6 Å². The monoisotopic (exact) mass is 300 g/mol. The van der Waals surface area contributed by atoms with E-state index in [9.17, 15) is 0 Å². The van der Waals surface area contributed by atoms with Crippen molar-refractivity contribution in [3.8, 4) is 0 Å². The maximum Gasteiger partial charge on any atom is 0.209 e. The first-order valence-electron chi connectivity index (χ1n) is 5.81. The van der Waals surface area contributed by atoms with E-state index in [1.54, 1.807) is 16.4 Å². The van der Waals surface area contributed by atoms with E-state index in [4.69, 9.17) is 0 Å². The molecule has 0 aliphatic rings. The third kappa shape index (κ3) is 5.54. The number of pyridine rings is 1. The Morgan fingerprint density at radius 3 is 2.79 bits per heavy atom. The first-order chi connectivity index (χ1) is 8.86. The topological polar surface area (TPSA) is 68.5 Å². The Balaban J connectivity index is 0.00000180. The van der Waals surface area contributed by atoms with Gasteiger partial charge < -0.3 is 5.32 Å². The van der Waals surface area contributed by atoms with Crippen molar-refractivity contribution < 1.29 is 0 Å².